The van der Waals surface area contributed by atoms with Crippen molar-refractivity contribution in [2.75, 3.05) is 6.54 Å². The number of amides is 2. The molecule has 5 nitrogen and oxygen atoms in total. The Morgan fingerprint density at radius 3 is 2.43 bits per heavy atom. The number of aromatic nitrogens is 1. The van der Waals surface area contributed by atoms with Crippen LogP contribution in [0.2, 0.25) is 0 Å². The van der Waals surface area contributed by atoms with Gasteiger partial charge in [0.05, 0.1) is 23.2 Å². The molecule has 3 rings (SSSR count). The van der Waals surface area contributed by atoms with Crippen molar-refractivity contribution >= 4 is 23.2 Å². The summed E-state index contributed by atoms with van der Waals surface area (Å²) in [6.45, 7) is -0.0283. The summed E-state index contributed by atoms with van der Waals surface area (Å²) in [4.78, 5) is 27.1. The second-order valence-electron chi connectivity index (χ2n) is 6.46. The van der Waals surface area contributed by atoms with Crippen LogP contribution >= 0.6 is 11.3 Å². The van der Waals surface area contributed by atoms with Crippen molar-refractivity contribution in [2.24, 2.45) is 5.92 Å². The van der Waals surface area contributed by atoms with Gasteiger partial charge >= 0.3 is 12.4 Å². The molecule has 0 spiro atoms. The first-order valence-corrected chi connectivity index (χ1v) is 9.20. The van der Waals surface area contributed by atoms with Crippen molar-refractivity contribution in [1.29, 1.82) is 0 Å². The van der Waals surface area contributed by atoms with Gasteiger partial charge in [-0.05, 0) is 17.7 Å². The van der Waals surface area contributed by atoms with Gasteiger partial charge in [-0.1, -0.05) is 6.07 Å². The molecule has 0 radical (unpaired) electrons. The monoisotopic (exact) mass is 455 g/mol. The number of benzene rings is 1. The summed E-state index contributed by atoms with van der Waals surface area (Å²) in [6.07, 6.45) is -10.0. The number of halogens is 7. The van der Waals surface area contributed by atoms with Gasteiger partial charge in [-0.3, -0.25) is 9.59 Å². The van der Waals surface area contributed by atoms with Gasteiger partial charge < -0.3 is 10.6 Å². The van der Waals surface area contributed by atoms with Gasteiger partial charge in [0.15, 0.2) is 5.01 Å². The molecule has 1 aliphatic heterocycles. The largest absolute Gasteiger partial charge is 0.443 e. The van der Waals surface area contributed by atoms with Crippen molar-refractivity contribution in [3.8, 4) is 0 Å². The van der Waals surface area contributed by atoms with Crippen LogP contribution in [0.25, 0.3) is 0 Å². The molecule has 1 aromatic carbocycles. The number of carbonyl (C=O) groups excluding carboxylic acids is 2. The molecular weight excluding hydrogens is 443 g/mol. The van der Waals surface area contributed by atoms with Crippen LogP contribution in [-0.2, 0) is 21.9 Å². The van der Waals surface area contributed by atoms with Crippen LogP contribution in [0.15, 0.2) is 23.6 Å². The average Bonchev–Trinajstić information content (AvgIpc) is 3.28. The molecule has 2 atom stereocenters. The lowest BCUT2D eigenvalue weighted by atomic mass is 9.99. The summed E-state index contributed by atoms with van der Waals surface area (Å²) in [6, 6.07) is 0.322. The van der Waals surface area contributed by atoms with E-state index >= 15 is 0 Å². The Morgan fingerprint density at radius 2 is 1.90 bits per heavy atom. The fourth-order valence-corrected chi connectivity index (χ4v) is 3.58. The molecule has 30 heavy (non-hydrogen) atoms. The molecule has 0 aliphatic carbocycles. The van der Waals surface area contributed by atoms with Crippen LogP contribution in [0.5, 0.6) is 0 Å². The van der Waals surface area contributed by atoms with Crippen molar-refractivity contribution in [2.45, 2.75) is 24.8 Å². The third-order valence-corrected chi connectivity index (χ3v) is 5.23. The number of hydrogen-bond donors (Lipinski definition) is 2. The van der Waals surface area contributed by atoms with Gasteiger partial charge in [-0.15, -0.1) is 11.3 Å². The van der Waals surface area contributed by atoms with Crippen molar-refractivity contribution in [3.05, 3.63) is 51.2 Å². The SMILES string of the molecule is O=C1CC(C(=O)NC(c2ccc(F)c(C(F)(F)F)c2)c2csc(C(F)(F)F)n2)CN1. The molecule has 1 fully saturated rings. The highest BCUT2D eigenvalue weighted by atomic mass is 32.1. The van der Waals surface area contributed by atoms with E-state index in [1.54, 1.807) is 0 Å². The number of rotatable bonds is 4. The minimum absolute atomic E-state index is 0.0283. The van der Waals surface area contributed by atoms with E-state index in [9.17, 15) is 40.3 Å². The Kier molecular flexibility index (Phi) is 5.76. The van der Waals surface area contributed by atoms with Crippen LogP contribution in [0.3, 0.4) is 0 Å². The highest BCUT2D eigenvalue weighted by molar-refractivity contribution is 7.09. The van der Waals surface area contributed by atoms with E-state index in [0.717, 1.165) is 11.4 Å². The summed E-state index contributed by atoms with van der Waals surface area (Å²) in [5.74, 6) is -3.61. The molecule has 2 N–H and O–H groups in total. The average molecular weight is 455 g/mol. The van der Waals surface area contributed by atoms with Crippen molar-refractivity contribution < 1.29 is 40.3 Å². The normalized spacial score (nSPS) is 18.2. The maximum atomic E-state index is 13.6. The minimum Gasteiger partial charge on any atom is -0.355 e. The fourth-order valence-electron chi connectivity index (χ4n) is 2.87. The van der Waals surface area contributed by atoms with Crippen molar-refractivity contribution in [3.63, 3.8) is 0 Å². The highest BCUT2D eigenvalue weighted by Crippen LogP contribution is 2.37. The third kappa shape index (κ3) is 4.71. The van der Waals surface area contributed by atoms with Crippen LogP contribution in [-0.4, -0.2) is 23.3 Å². The van der Waals surface area contributed by atoms with Crippen LogP contribution < -0.4 is 10.6 Å². The maximum Gasteiger partial charge on any atom is 0.443 e. The Labute approximate surface area is 168 Å². The van der Waals surface area contributed by atoms with Crippen LogP contribution in [0, 0.1) is 11.7 Å². The zero-order valence-corrected chi connectivity index (χ0v) is 15.5. The minimum atomic E-state index is -5.06. The van der Waals surface area contributed by atoms with Gasteiger partial charge in [0, 0.05) is 18.3 Å². The van der Waals surface area contributed by atoms with Gasteiger partial charge in [0.1, 0.15) is 5.82 Å². The second-order valence-corrected chi connectivity index (χ2v) is 7.32. The van der Waals surface area contributed by atoms with Crippen molar-refractivity contribution in [1.82, 2.24) is 15.6 Å². The zero-order valence-electron chi connectivity index (χ0n) is 14.7. The first kappa shape index (κ1) is 22.0. The lowest BCUT2D eigenvalue weighted by molar-refractivity contribution is -0.140. The molecule has 162 valence electrons. The molecule has 2 aromatic rings. The lowest BCUT2D eigenvalue weighted by Crippen LogP contribution is -2.35. The van der Waals surface area contributed by atoms with E-state index < -0.39 is 52.5 Å². The van der Waals surface area contributed by atoms with Crippen LogP contribution in [0.4, 0.5) is 30.7 Å². The molecule has 2 unspecified atom stereocenters. The standard InChI is InChI=1S/C17H12F7N3O2S/c18-10-2-1-7(3-9(10)16(19,20)21)13(11-6-30-15(26-11)17(22,23)24)27-14(29)8-4-12(28)25-5-8/h1-3,6,8,13H,4-5H2,(H,25,28)(H,27,29). The number of carbonyl (C=O) groups is 2. The number of hydrogen-bond acceptors (Lipinski definition) is 4. The molecule has 1 saturated heterocycles. The molecule has 1 aliphatic rings. The Hall–Kier alpha value is -2.70. The number of thiazole rings is 1. The summed E-state index contributed by atoms with van der Waals surface area (Å²) in [5.41, 5.74) is -2.31. The maximum absolute atomic E-state index is 13.6. The highest BCUT2D eigenvalue weighted by Gasteiger charge is 2.38. The Morgan fingerprint density at radius 1 is 1.20 bits per heavy atom. The van der Waals surface area contributed by atoms with E-state index in [2.05, 4.69) is 15.6 Å². The second kappa shape index (κ2) is 7.85. The predicted octanol–water partition coefficient (Wildman–Crippen LogP) is 3.66. The zero-order chi connectivity index (χ0) is 22.3. The third-order valence-electron chi connectivity index (χ3n) is 4.32. The first-order valence-electron chi connectivity index (χ1n) is 8.32. The number of alkyl halides is 6. The Bertz CT molecular complexity index is 971. The van der Waals surface area contributed by atoms with Gasteiger partial charge in [-0.2, -0.15) is 26.3 Å². The molecule has 0 bridgehead atoms. The summed E-state index contributed by atoms with van der Waals surface area (Å²) < 4.78 is 91.6. The van der Waals surface area contributed by atoms with Gasteiger partial charge in [0.25, 0.3) is 0 Å². The van der Waals surface area contributed by atoms with E-state index in [0.29, 0.717) is 12.1 Å². The van der Waals surface area contributed by atoms with E-state index in [1.807, 2.05) is 0 Å². The number of nitrogens with one attached hydrogen (secondary N) is 2. The first-order chi connectivity index (χ1) is 13.9. The van der Waals surface area contributed by atoms with Gasteiger partial charge in [0.2, 0.25) is 11.8 Å². The molecule has 1 aromatic heterocycles. The topological polar surface area (TPSA) is 71.1 Å². The molecule has 2 amide bonds. The summed E-state index contributed by atoms with van der Waals surface area (Å²) >= 11 is 0.202. The molecule has 0 saturated carbocycles. The van der Waals surface area contributed by atoms with Crippen LogP contribution in [0.1, 0.15) is 34.3 Å². The Balaban J connectivity index is 2.00. The molecular formula is C17H12F7N3O2S. The molecule has 2 heterocycles. The summed E-state index contributed by atoms with van der Waals surface area (Å²) in [7, 11) is 0. The van der Waals surface area contributed by atoms with E-state index in [4.69, 9.17) is 0 Å². The van der Waals surface area contributed by atoms with E-state index in [-0.39, 0.29) is 35.6 Å². The molecule has 13 heteroatoms. The smallest absolute Gasteiger partial charge is 0.355 e. The number of nitrogens with zero attached hydrogens (tertiary/aromatic N) is 1. The van der Waals surface area contributed by atoms with Gasteiger partial charge in [-0.25, -0.2) is 9.37 Å². The quantitative estimate of drug-likeness (QED) is 0.692. The predicted molar refractivity (Wildman–Crippen MR) is 89.6 cm³/mol. The lowest BCUT2D eigenvalue weighted by Gasteiger charge is -2.21. The van der Waals surface area contributed by atoms with E-state index in [1.165, 1.54) is 0 Å². The summed E-state index contributed by atoms with van der Waals surface area (Å²) in [5, 5.41) is 4.42. The fraction of sp³-hybridized carbons (Fsp3) is 0.353.